The first-order valence-corrected chi connectivity index (χ1v) is 10.1. The number of likely N-dealkylation sites (tertiary alicyclic amines) is 1. The molecule has 2 N–H and O–H groups in total. The molecule has 168 valence electrons. The Balaban J connectivity index is 0.000000370. The number of hydrogen-bond donors (Lipinski definition) is 2. The quantitative estimate of drug-likeness (QED) is 0.730. The number of nitrogens with zero attached hydrogens (tertiary/aromatic N) is 2. The monoisotopic (exact) mass is 423 g/mol. The van der Waals surface area contributed by atoms with Crippen LogP contribution in [0.25, 0.3) is 0 Å². The molecule has 29 heavy (non-hydrogen) atoms. The number of urea groups is 1. The van der Waals surface area contributed by atoms with Crippen LogP contribution in [0.3, 0.4) is 0 Å². The zero-order valence-corrected chi connectivity index (χ0v) is 17.1. The lowest BCUT2D eigenvalue weighted by Crippen LogP contribution is -2.51. The third-order valence-electron chi connectivity index (χ3n) is 5.86. The molecule has 7 nitrogen and oxygen atoms in total. The van der Waals surface area contributed by atoms with Gasteiger partial charge in [-0.3, -0.25) is 0 Å². The van der Waals surface area contributed by atoms with Crippen molar-refractivity contribution in [2.45, 2.75) is 62.8 Å². The molecule has 1 aliphatic carbocycles. The molecule has 0 aromatic carbocycles. The number of nitrogens with one attached hydrogen (secondary N) is 1. The minimum atomic E-state index is -5.08. The van der Waals surface area contributed by atoms with Crippen LogP contribution in [0.2, 0.25) is 0 Å². The predicted molar refractivity (Wildman–Crippen MR) is 101 cm³/mol. The second-order valence-corrected chi connectivity index (χ2v) is 8.50. The van der Waals surface area contributed by atoms with Crippen LogP contribution >= 0.6 is 0 Å². The first kappa shape index (κ1) is 23.7. The largest absolute Gasteiger partial charge is 0.490 e. The number of amides is 2. The van der Waals surface area contributed by atoms with Gasteiger partial charge in [0.2, 0.25) is 0 Å². The van der Waals surface area contributed by atoms with E-state index in [9.17, 15) is 18.0 Å². The fourth-order valence-electron chi connectivity index (χ4n) is 4.38. The summed E-state index contributed by atoms with van der Waals surface area (Å²) in [5, 5.41) is 10.3. The summed E-state index contributed by atoms with van der Waals surface area (Å²) in [7, 11) is 3.59. The number of carbonyl (C=O) groups excluding carboxylic acids is 1. The lowest BCUT2D eigenvalue weighted by atomic mass is 9.89. The first-order valence-electron chi connectivity index (χ1n) is 10.1. The number of aliphatic carboxylic acids is 1. The van der Waals surface area contributed by atoms with E-state index in [0.717, 1.165) is 44.9 Å². The van der Waals surface area contributed by atoms with Crippen molar-refractivity contribution >= 4 is 12.0 Å². The van der Waals surface area contributed by atoms with Gasteiger partial charge in [-0.1, -0.05) is 12.8 Å². The average Bonchev–Trinajstić information content (AvgIpc) is 3.25. The molecule has 0 aromatic rings. The Bertz CT molecular complexity index is 567. The fourth-order valence-corrected chi connectivity index (χ4v) is 4.38. The van der Waals surface area contributed by atoms with Crippen LogP contribution in [0.4, 0.5) is 18.0 Å². The lowest BCUT2D eigenvalue weighted by molar-refractivity contribution is -0.192. The Morgan fingerprint density at radius 3 is 2.41 bits per heavy atom. The van der Waals surface area contributed by atoms with Gasteiger partial charge >= 0.3 is 18.2 Å². The van der Waals surface area contributed by atoms with Gasteiger partial charge in [-0.05, 0) is 38.0 Å². The van der Waals surface area contributed by atoms with Gasteiger partial charge in [0.25, 0.3) is 0 Å². The Morgan fingerprint density at radius 1 is 1.24 bits per heavy atom. The van der Waals surface area contributed by atoms with Crippen LogP contribution in [0.1, 0.15) is 44.9 Å². The number of alkyl halides is 3. The van der Waals surface area contributed by atoms with Crippen molar-refractivity contribution in [2.75, 3.05) is 40.3 Å². The maximum Gasteiger partial charge on any atom is 0.490 e. The van der Waals surface area contributed by atoms with E-state index in [2.05, 4.69) is 10.2 Å². The highest BCUT2D eigenvalue weighted by Gasteiger charge is 2.44. The molecule has 2 amide bonds. The summed E-state index contributed by atoms with van der Waals surface area (Å²) in [5.41, 5.74) is -0.0128. The molecule has 2 heterocycles. The molecular weight excluding hydrogens is 391 g/mol. The smallest absolute Gasteiger partial charge is 0.475 e. The number of rotatable bonds is 3. The molecule has 0 radical (unpaired) electrons. The van der Waals surface area contributed by atoms with Gasteiger partial charge in [-0.2, -0.15) is 13.2 Å². The van der Waals surface area contributed by atoms with Crippen LogP contribution in [0, 0.1) is 5.92 Å². The molecule has 3 fully saturated rings. The molecule has 0 aromatic heterocycles. The minimum Gasteiger partial charge on any atom is -0.475 e. The Morgan fingerprint density at radius 2 is 1.86 bits per heavy atom. The number of ether oxygens (including phenoxy) is 1. The van der Waals surface area contributed by atoms with Gasteiger partial charge in [-0.25, -0.2) is 9.59 Å². The number of hydrogen-bond acceptors (Lipinski definition) is 4. The summed E-state index contributed by atoms with van der Waals surface area (Å²) in [6.07, 6.45) is 3.58. The molecule has 3 aliphatic rings. The molecule has 2 atom stereocenters. The first-order chi connectivity index (χ1) is 13.5. The number of carboxylic acid groups (broad SMARTS) is 1. The van der Waals surface area contributed by atoms with E-state index in [1.807, 2.05) is 0 Å². The van der Waals surface area contributed by atoms with Crippen LogP contribution in [-0.4, -0.2) is 85.1 Å². The maximum absolute atomic E-state index is 11.9. The van der Waals surface area contributed by atoms with Crippen LogP contribution < -0.4 is 5.32 Å². The summed E-state index contributed by atoms with van der Waals surface area (Å²) in [5.74, 6) is -1.85. The zero-order valence-electron chi connectivity index (χ0n) is 17.1. The van der Waals surface area contributed by atoms with E-state index < -0.39 is 12.1 Å². The highest BCUT2D eigenvalue weighted by Crippen LogP contribution is 2.36. The summed E-state index contributed by atoms with van der Waals surface area (Å²) >= 11 is 0. The van der Waals surface area contributed by atoms with Crippen molar-refractivity contribution in [3.63, 3.8) is 0 Å². The molecule has 2 aliphatic heterocycles. The molecular formula is C19H32F3N3O4. The zero-order chi connectivity index (χ0) is 21.7. The van der Waals surface area contributed by atoms with E-state index in [1.54, 1.807) is 19.0 Å². The third kappa shape index (κ3) is 7.33. The standard InChI is InChI=1S/C17H31N3O2.C2HF3O2/c1-19(2)16(21)18-15-7-10-22-17(11-15)8-9-20(13-17)12-14-5-3-4-6-14;3-2(4,5)1(6)7/h14-15H,3-13H2,1-2H3,(H,18,21);(H,6,7)/t15-,17-;/m1./s1. The lowest BCUT2D eigenvalue weighted by Gasteiger charge is -2.39. The SMILES string of the molecule is CN(C)C(=O)N[C@@H]1CCO[C@]2(CCN(CC3CCCC3)C2)C1.O=C(O)C(F)(F)F. The van der Waals surface area contributed by atoms with E-state index in [1.165, 1.54) is 32.2 Å². The molecule has 3 rings (SSSR count). The summed E-state index contributed by atoms with van der Waals surface area (Å²) in [4.78, 5) is 25.0. The summed E-state index contributed by atoms with van der Waals surface area (Å²) in [6.45, 7) is 4.23. The Hall–Kier alpha value is -1.55. The highest BCUT2D eigenvalue weighted by molar-refractivity contribution is 5.74. The summed E-state index contributed by atoms with van der Waals surface area (Å²) in [6, 6.07) is 0.276. The highest BCUT2D eigenvalue weighted by atomic mass is 19.4. The fraction of sp³-hybridized carbons (Fsp3) is 0.895. The van der Waals surface area contributed by atoms with Gasteiger partial charge in [0, 0.05) is 46.4 Å². The third-order valence-corrected chi connectivity index (χ3v) is 5.86. The van der Waals surface area contributed by atoms with Crippen LogP contribution in [0.5, 0.6) is 0 Å². The van der Waals surface area contributed by atoms with Crippen molar-refractivity contribution in [3.05, 3.63) is 0 Å². The maximum atomic E-state index is 11.9. The Kier molecular flexibility index (Phi) is 8.16. The molecule has 1 saturated carbocycles. The van der Waals surface area contributed by atoms with E-state index in [-0.39, 0.29) is 17.7 Å². The molecule has 1 spiro atoms. The van der Waals surface area contributed by atoms with Gasteiger partial charge in [0.1, 0.15) is 0 Å². The molecule has 2 saturated heterocycles. The second kappa shape index (κ2) is 9.97. The van der Waals surface area contributed by atoms with Crippen molar-refractivity contribution in [1.82, 2.24) is 15.1 Å². The van der Waals surface area contributed by atoms with Crippen molar-refractivity contribution in [3.8, 4) is 0 Å². The number of carbonyl (C=O) groups is 2. The normalized spacial score (nSPS) is 28.1. The van der Waals surface area contributed by atoms with Crippen molar-refractivity contribution in [1.29, 1.82) is 0 Å². The van der Waals surface area contributed by atoms with Gasteiger partial charge in [-0.15, -0.1) is 0 Å². The van der Waals surface area contributed by atoms with Gasteiger partial charge in [0.15, 0.2) is 0 Å². The van der Waals surface area contributed by atoms with Gasteiger partial charge in [0.05, 0.1) is 5.60 Å². The molecule has 0 bridgehead atoms. The van der Waals surface area contributed by atoms with Crippen molar-refractivity contribution < 1.29 is 32.6 Å². The van der Waals surface area contributed by atoms with Crippen LogP contribution in [0.15, 0.2) is 0 Å². The van der Waals surface area contributed by atoms with Crippen molar-refractivity contribution in [2.24, 2.45) is 5.92 Å². The molecule has 0 unspecified atom stereocenters. The van der Waals surface area contributed by atoms with E-state index in [4.69, 9.17) is 14.6 Å². The van der Waals surface area contributed by atoms with E-state index >= 15 is 0 Å². The topological polar surface area (TPSA) is 82.1 Å². The molecule has 10 heteroatoms. The average molecular weight is 423 g/mol. The minimum absolute atomic E-state index is 0.0128. The Labute approximate surface area is 169 Å². The van der Waals surface area contributed by atoms with Crippen LogP contribution in [-0.2, 0) is 9.53 Å². The second-order valence-electron chi connectivity index (χ2n) is 8.50. The van der Waals surface area contributed by atoms with E-state index in [0.29, 0.717) is 0 Å². The predicted octanol–water partition coefficient (Wildman–Crippen LogP) is 2.70. The number of halogens is 3. The summed E-state index contributed by atoms with van der Waals surface area (Å²) < 4.78 is 37.9. The number of carboxylic acids is 1. The van der Waals surface area contributed by atoms with Gasteiger partial charge < -0.3 is 25.0 Å².